The molecule has 4 nitrogen and oxygen atoms in total. The molecule has 0 spiro atoms. The van der Waals surface area contributed by atoms with Crippen molar-refractivity contribution in [2.24, 2.45) is 0 Å². The number of phenolic OH excluding ortho intramolecular Hbond substituents is 1. The van der Waals surface area contributed by atoms with Gasteiger partial charge in [-0.2, -0.15) is 0 Å². The molecule has 0 unspecified atom stereocenters. The number of aliphatic hydroxyl groups is 1. The van der Waals surface area contributed by atoms with Crippen LogP contribution in [0.5, 0.6) is 5.75 Å². The van der Waals surface area contributed by atoms with Crippen molar-refractivity contribution in [1.29, 1.82) is 0 Å². The molecule has 0 aliphatic carbocycles. The third-order valence-electron chi connectivity index (χ3n) is 2.01. The molecular weight excluding hydrogens is 194 g/mol. The van der Waals surface area contributed by atoms with E-state index in [0.29, 0.717) is 11.1 Å². The van der Waals surface area contributed by atoms with Crippen LogP contribution in [-0.4, -0.2) is 28.8 Å². The highest BCUT2D eigenvalue weighted by atomic mass is 16.3. The maximum Gasteiger partial charge on any atom is 0.251 e. The minimum atomic E-state index is -0.564. The number of phenols is 1. The predicted octanol–water partition coefficient (Wildman–Crippen LogP) is 0.811. The van der Waals surface area contributed by atoms with Crippen LogP contribution < -0.4 is 5.32 Å². The van der Waals surface area contributed by atoms with E-state index in [2.05, 4.69) is 5.32 Å². The van der Waals surface area contributed by atoms with Crippen LogP contribution in [0.4, 0.5) is 0 Å². The summed E-state index contributed by atoms with van der Waals surface area (Å²) >= 11 is 0. The first kappa shape index (κ1) is 11.5. The van der Waals surface area contributed by atoms with E-state index >= 15 is 0 Å². The van der Waals surface area contributed by atoms with E-state index in [0.717, 1.165) is 0 Å². The van der Waals surface area contributed by atoms with E-state index in [1.165, 1.54) is 12.1 Å². The van der Waals surface area contributed by atoms with Gasteiger partial charge in [0.15, 0.2) is 0 Å². The van der Waals surface area contributed by atoms with Crippen LogP contribution in [0.2, 0.25) is 0 Å². The second kappa shape index (κ2) is 4.79. The largest absolute Gasteiger partial charge is 0.508 e. The molecule has 4 heteroatoms. The number of rotatable bonds is 3. The molecule has 1 rings (SSSR count). The van der Waals surface area contributed by atoms with E-state index in [9.17, 15) is 4.79 Å². The van der Waals surface area contributed by atoms with Crippen LogP contribution in [0.25, 0.3) is 0 Å². The molecule has 3 N–H and O–H groups in total. The lowest BCUT2D eigenvalue weighted by Crippen LogP contribution is -2.30. The van der Waals surface area contributed by atoms with Crippen molar-refractivity contribution in [2.75, 3.05) is 6.54 Å². The van der Waals surface area contributed by atoms with Crippen molar-refractivity contribution in [2.45, 2.75) is 20.0 Å². The molecule has 0 radical (unpaired) electrons. The summed E-state index contributed by atoms with van der Waals surface area (Å²) in [5.41, 5.74) is 1.21. The lowest BCUT2D eigenvalue weighted by Gasteiger charge is -2.09. The molecule has 1 amide bonds. The maximum absolute atomic E-state index is 11.6. The number of hydrogen-bond donors (Lipinski definition) is 3. The second-order valence-corrected chi connectivity index (χ2v) is 3.56. The van der Waals surface area contributed by atoms with Crippen LogP contribution >= 0.6 is 0 Å². The number of aliphatic hydroxyl groups excluding tert-OH is 1. The number of benzene rings is 1. The van der Waals surface area contributed by atoms with E-state index in [-0.39, 0.29) is 18.2 Å². The van der Waals surface area contributed by atoms with Crippen molar-refractivity contribution in [3.05, 3.63) is 29.3 Å². The number of aromatic hydroxyl groups is 1. The highest BCUT2D eigenvalue weighted by Crippen LogP contribution is 2.15. The Labute approximate surface area is 88.6 Å². The first-order valence-electron chi connectivity index (χ1n) is 4.76. The maximum atomic E-state index is 11.6. The molecule has 1 aromatic carbocycles. The summed E-state index contributed by atoms with van der Waals surface area (Å²) < 4.78 is 0. The first-order chi connectivity index (χ1) is 7.00. The molecule has 0 fully saturated rings. The van der Waals surface area contributed by atoms with Gasteiger partial charge < -0.3 is 15.5 Å². The summed E-state index contributed by atoms with van der Waals surface area (Å²) in [5, 5.41) is 20.8. The summed E-state index contributed by atoms with van der Waals surface area (Å²) in [6, 6.07) is 4.55. The zero-order valence-corrected chi connectivity index (χ0v) is 8.82. The number of carbonyl (C=O) groups excluding carboxylic acids is 1. The Morgan fingerprint density at radius 1 is 1.53 bits per heavy atom. The standard InChI is InChI=1S/C11H15NO3/c1-7-5-9(14)3-4-10(7)11(15)12-6-8(2)13/h3-5,8,13-14H,6H2,1-2H3,(H,12,15)/t8-/m0/s1. The lowest BCUT2D eigenvalue weighted by atomic mass is 10.1. The highest BCUT2D eigenvalue weighted by Gasteiger charge is 2.09. The van der Waals surface area contributed by atoms with E-state index in [1.807, 2.05) is 0 Å². The number of aryl methyl sites for hydroxylation is 1. The van der Waals surface area contributed by atoms with Crippen molar-refractivity contribution < 1.29 is 15.0 Å². The predicted molar refractivity (Wildman–Crippen MR) is 56.9 cm³/mol. The van der Waals surface area contributed by atoms with E-state index < -0.39 is 6.10 Å². The van der Waals surface area contributed by atoms with Crippen molar-refractivity contribution >= 4 is 5.91 Å². The minimum Gasteiger partial charge on any atom is -0.508 e. The highest BCUT2D eigenvalue weighted by molar-refractivity contribution is 5.95. The van der Waals surface area contributed by atoms with Gasteiger partial charge in [-0.05, 0) is 37.6 Å². The molecule has 0 aliphatic rings. The molecule has 0 saturated carbocycles. The fourth-order valence-electron chi connectivity index (χ4n) is 1.24. The molecule has 0 aliphatic heterocycles. The third kappa shape index (κ3) is 3.25. The summed E-state index contributed by atoms with van der Waals surface area (Å²) in [6.07, 6.45) is -0.564. The molecular formula is C11H15NO3. The zero-order valence-electron chi connectivity index (χ0n) is 8.82. The van der Waals surface area contributed by atoms with E-state index in [4.69, 9.17) is 10.2 Å². The second-order valence-electron chi connectivity index (χ2n) is 3.56. The van der Waals surface area contributed by atoms with Gasteiger partial charge in [-0.3, -0.25) is 4.79 Å². The SMILES string of the molecule is Cc1cc(O)ccc1C(=O)NC[C@H](C)O. The summed E-state index contributed by atoms with van der Waals surface area (Å²) in [5.74, 6) is -0.104. The molecule has 0 heterocycles. The number of carbonyl (C=O) groups is 1. The smallest absolute Gasteiger partial charge is 0.251 e. The Hall–Kier alpha value is -1.55. The average Bonchev–Trinajstić information content (AvgIpc) is 2.14. The Morgan fingerprint density at radius 2 is 2.20 bits per heavy atom. The average molecular weight is 209 g/mol. The number of hydrogen-bond acceptors (Lipinski definition) is 3. The Kier molecular flexibility index (Phi) is 3.68. The summed E-state index contributed by atoms with van der Waals surface area (Å²) in [6.45, 7) is 3.57. The molecule has 0 aromatic heterocycles. The Balaban J connectivity index is 2.74. The van der Waals surface area contributed by atoms with Crippen LogP contribution in [0.15, 0.2) is 18.2 Å². The van der Waals surface area contributed by atoms with Gasteiger partial charge >= 0.3 is 0 Å². The molecule has 0 bridgehead atoms. The fraction of sp³-hybridized carbons (Fsp3) is 0.364. The van der Waals surface area contributed by atoms with Gasteiger partial charge in [0.05, 0.1) is 6.10 Å². The molecule has 1 aromatic rings. The van der Waals surface area contributed by atoms with Gasteiger partial charge in [-0.1, -0.05) is 0 Å². The topological polar surface area (TPSA) is 69.6 Å². The summed E-state index contributed by atoms with van der Waals surface area (Å²) in [4.78, 5) is 11.6. The monoisotopic (exact) mass is 209 g/mol. The molecule has 0 saturated heterocycles. The third-order valence-corrected chi connectivity index (χ3v) is 2.01. The number of amides is 1. The van der Waals surface area contributed by atoms with Gasteiger partial charge in [0.1, 0.15) is 5.75 Å². The van der Waals surface area contributed by atoms with Crippen molar-refractivity contribution in [3.63, 3.8) is 0 Å². The fourth-order valence-corrected chi connectivity index (χ4v) is 1.24. The quantitative estimate of drug-likeness (QED) is 0.690. The molecule has 15 heavy (non-hydrogen) atoms. The minimum absolute atomic E-state index is 0.138. The van der Waals surface area contributed by atoms with Crippen LogP contribution in [-0.2, 0) is 0 Å². The molecule has 1 atom stereocenters. The van der Waals surface area contributed by atoms with Gasteiger partial charge in [-0.15, -0.1) is 0 Å². The van der Waals surface area contributed by atoms with Gasteiger partial charge in [-0.25, -0.2) is 0 Å². The van der Waals surface area contributed by atoms with Crippen molar-refractivity contribution in [3.8, 4) is 5.75 Å². The van der Waals surface area contributed by atoms with Gasteiger partial charge in [0.2, 0.25) is 0 Å². The first-order valence-corrected chi connectivity index (χ1v) is 4.76. The Morgan fingerprint density at radius 3 is 2.73 bits per heavy atom. The lowest BCUT2D eigenvalue weighted by molar-refractivity contribution is 0.0923. The van der Waals surface area contributed by atoms with E-state index in [1.54, 1.807) is 19.9 Å². The van der Waals surface area contributed by atoms with Gasteiger partial charge in [0.25, 0.3) is 5.91 Å². The Bertz CT molecular complexity index is 361. The van der Waals surface area contributed by atoms with Crippen molar-refractivity contribution in [1.82, 2.24) is 5.32 Å². The number of nitrogens with one attached hydrogen (secondary N) is 1. The zero-order chi connectivity index (χ0) is 11.4. The normalized spacial score (nSPS) is 12.2. The summed E-state index contributed by atoms with van der Waals surface area (Å²) in [7, 11) is 0. The van der Waals surface area contributed by atoms with Crippen LogP contribution in [0.1, 0.15) is 22.8 Å². The molecule has 82 valence electrons. The van der Waals surface area contributed by atoms with Gasteiger partial charge in [0, 0.05) is 12.1 Å². The van der Waals surface area contributed by atoms with Crippen LogP contribution in [0.3, 0.4) is 0 Å². The van der Waals surface area contributed by atoms with Crippen LogP contribution in [0, 0.1) is 6.92 Å².